The third-order valence-electron chi connectivity index (χ3n) is 3.53. The minimum atomic E-state index is -3.48. The quantitative estimate of drug-likeness (QED) is 0.913. The van der Waals surface area contributed by atoms with Crippen molar-refractivity contribution in [3.05, 3.63) is 28.7 Å². The second kappa shape index (κ2) is 5.91. The molecule has 2 atom stereocenters. The normalized spacial score (nSPS) is 23.2. The predicted molar refractivity (Wildman–Crippen MR) is 79.3 cm³/mol. The van der Waals surface area contributed by atoms with E-state index in [1.807, 2.05) is 13.0 Å². The highest BCUT2D eigenvalue weighted by molar-refractivity contribution is 9.10. The van der Waals surface area contributed by atoms with Crippen LogP contribution in [0.5, 0.6) is 0 Å². The average molecular weight is 347 g/mol. The molecule has 1 saturated heterocycles. The standard InChI is InChI=1S/C13H19BrN2O2S/c1-10(15)12-7-4-5-9-16(12)19(17,18)13-8-3-2-6-11(13)14/h2-3,6,8,10,12H,4-5,7,9,15H2,1H3. The summed E-state index contributed by atoms with van der Waals surface area (Å²) in [5.41, 5.74) is 5.95. The summed E-state index contributed by atoms with van der Waals surface area (Å²) in [5.74, 6) is 0. The summed E-state index contributed by atoms with van der Waals surface area (Å²) in [6, 6.07) is 6.66. The zero-order valence-corrected chi connectivity index (χ0v) is 13.3. The molecule has 1 fully saturated rings. The second-order valence-electron chi connectivity index (χ2n) is 4.97. The molecule has 1 aliphatic rings. The number of piperidine rings is 1. The fourth-order valence-corrected chi connectivity index (χ4v) is 5.27. The van der Waals surface area contributed by atoms with Gasteiger partial charge in [-0.2, -0.15) is 4.31 Å². The Morgan fingerprint density at radius 2 is 2.05 bits per heavy atom. The van der Waals surface area contributed by atoms with Crippen LogP contribution in [0.4, 0.5) is 0 Å². The molecule has 19 heavy (non-hydrogen) atoms. The fourth-order valence-electron chi connectivity index (χ4n) is 2.53. The molecule has 106 valence electrons. The molecule has 1 aromatic rings. The van der Waals surface area contributed by atoms with E-state index in [1.165, 1.54) is 0 Å². The lowest BCUT2D eigenvalue weighted by Crippen LogP contribution is -2.51. The molecule has 1 aliphatic heterocycles. The first-order valence-corrected chi connectivity index (χ1v) is 8.70. The van der Waals surface area contributed by atoms with E-state index in [0.29, 0.717) is 15.9 Å². The highest BCUT2D eigenvalue weighted by Gasteiger charge is 2.35. The van der Waals surface area contributed by atoms with Crippen molar-refractivity contribution >= 4 is 26.0 Å². The predicted octanol–water partition coefficient (Wildman–Crippen LogP) is 2.34. The summed E-state index contributed by atoms with van der Waals surface area (Å²) in [6.45, 7) is 2.43. The molecule has 1 aromatic carbocycles. The minimum absolute atomic E-state index is 0.106. The second-order valence-corrected chi connectivity index (χ2v) is 7.68. The topological polar surface area (TPSA) is 63.4 Å². The van der Waals surface area contributed by atoms with Crippen molar-refractivity contribution in [2.75, 3.05) is 6.54 Å². The highest BCUT2D eigenvalue weighted by atomic mass is 79.9. The number of benzene rings is 1. The van der Waals surface area contributed by atoms with Crippen molar-refractivity contribution in [2.45, 2.75) is 43.2 Å². The lowest BCUT2D eigenvalue weighted by molar-refractivity contribution is 0.227. The maximum absolute atomic E-state index is 12.8. The van der Waals surface area contributed by atoms with Gasteiger partial charge in [0, 0.05) is 23.1 Å². The third-order valence-corrected chi connectivity index (χ3v) is 6.47. The van der Waals surface area contributed by atoms with E-state index >= 15 is 0 Å². The first kappa shape index (κ1) is 15.0. The molecule has 0 bridgehead atoms. The van der Waals surface area contributed by atoms with Crippen molar-refractivity contribution in [3.8, 4) is 0 Å². The van der Waals surface area contributed by atoms with Crippen LogP contribution in [-0.4, -0.2) is 31.4 Å². The van der Waals surface area contributed by atoms with Gasteiger partial charge in [-0.25, -0.2) is 8.42 Å². The molecular weight excluding hydrogens is 328 g/mol. The van der Waals surface area contributed by atoms with Crippen LogP contribution in [0.15, 0.2) is 33.6 Å². The van der Waals surface area contributed by atoms with Crippen molar-refractivity contribution < 1.29 is 8.42 Å². The van der Waals surface area contributed by atoms with Gasteiger partial charge in [0.15, 0.2) is 0 Å². The van der Waals surface area contributed by atoms with Crippen molar-refractivity contribution in [1.82, 2.24) is 4.31 Å². The molecule has 6 heteroatoms. The maximum Gasteiger partial charge on any atom is 0.244 e. The fraction of sp³-hybridized carbons (Fsp3) is 0.538. The van der Waals surface area contributed by atoms with Crippen LogP contribution in [0.1, 0.15) is 26.2 Å². The van der Waals surface area contributed by atoms with Gasteiger partial charge in [-0.15, -0.1) is 0 Å². The summed E-state index contributed by atoms with van der Waals surface area (Å²) >= 11 is 3.32. The Kier molecular flexibility index (Phi) is 4.66. The molecule has 0 radical (unpaired) electrons. The number of hydrogen-bond donors (Lipinski definition) is 1. The Hall–Kier alpha value is -0.430. The summed E-state index contributed by atoms with van der Waals surface area (Å²) in [7, 11) is -3.48. The Bertz CT molecular complexity index is 545. The van der Waals surface area contributed by atoms with Crippen molar-refractivity contribution in [2.24, 2.45) is 5.73 Å². The Balaban J connectivity index is 2.40. The highest BCUT2D eigenvalue weighted by Crippen LogP contribution is 2.30. The van der Waals surface area contributed by atoms with Crippen LogP contribution in [0.2, 0.25) is 0 Å². The summed E-state index contributed by atoms with van der Waals surface area (Å²) in [5, 5.41) is 0. The monoisotopic (exact) mass is 346 g/mol. The van der Waals surface area contributed by atoms with Gasteiger partial charge in [-0.05, 0) is 47.8 Å². The maximum atomic E-state index is 12.8. The van der Waals surface area contributed by atoms with Crippen LogP contribution < -0.4 is 5.73 Å². The Labute approximate surface area is 123 Å². The SMILES string of the molecule is CC(N)C1CCCCN1S(=O)(=O)c1ccccc1Br. The summed E-state index contributed by atoms with van der Waals surface area (Å²) < 4.78 is 27.7. The Morgan fingerprint density at radius 3 is 2.68 bits per heavy atom. The van der Waals surface area contributed by atoms with E-state index < -0.39 is 10.0 Å². The number of nitrogens with two attached hydrogens (primary N) is 1. The van der Waals surface area contributed by atoms with E-state index in [2.05, 4.69) is 15.9 Å². The van der Waals surface area contributed by atoms with E-state index in [9.17, 15) is 8.42 Å². The van der Waals surface area contributed by atoms with E-state index in [1.54, 1.807) is 22.5 Å². The van der Waals surface area contributed by atoms with Crippen LogP contribution in [0, 0.1) is 0 Å². The van der Waals surface area contributed by atoms with Gasteiger partial charge < -0.3 is 5.73 Å². The zero-order valence-electron chi connectivity index (χ0n) is 10.9. The largest absolute Gasteiger partial charge is 0.326 e. The third kappa shape index (κ3) is 3.02. The van der Waals surface area contributed by atoms with Crippen LogP contribution in [0.3, 0.4) is 0 Å². The zero-order chi connectivity index (χ0) is 14.0. The van der Waals surface area contributed by atoms with Crippen molar-refractivity contribution in [1.29, 1.82) is 0 Å². The van der Waals surface area contributed by atoms with Crippen LogP contribution in [0.25, 0.3) is 0 Å². The van der Waals surface area contributed by atoms with E-state index in [4.69, 9.17) is 5.73 Å². The molecule has 4 nitrogen and oxygen atoms in total. The molecule has 2 rings (SSSR count). The van der Waals surface area contributed by atoms with Gasteiger partial charge in [0.2, 0.25) is 10.0 Å². The molecular formula is C13H19BrN2O2S. The van der Waals surface area contributed by atoms with E-state index in [0.717, 1.165) is 19.3 Å². The van der Waals surface area contributed by atoms with Gasteiger partial charge in [0.05, 0.1) is 4.90 Å². The lowest BCUT2D eigenvalue weighted by atomic mass is 10.00. The first-order chi connectivity index (χ1) is 8.94. The minimum Gasteiger partial charge on any atom is -0.326 e. The molecule has 2 N–H and O–H groups in total. The van der Waals surface area contributed by atoms with Crippen LogP contribution >= 0.6 is 15.9 Å². The summed E-state index contributed by atoms with van der Waals surface area (Å²) in [6.07, 6.45) is 2.77. The molecule has 2 unspecified atom stereocenters. The molecule has 0 aliphatic carbocycles. The van der Waals surface area contributed by atoms with E-state index in [-0.39, 0.29) is 12.1 Å². The number of nitrogens with zero attached hydrogens (tertiary/aromatic N) is 1. The van der Waals surface area contributed by atoms with Gasteiger partial charge in [0.25, 0.3) is 0 Å². The van der Waals surface area contributed by atoms with Gasteiger partial charge in [-0.1, -0.05) is 18.6 Å². The van der Waals surface area contributed by atoms with Gasteiger partial charge in [0.1, 0.15) is 0 Å². The molecule has 0 spiro atoms. The van der Waals surface area contributed by atoms with Crippen molar-refractivity contribution in [3.63, 3.8) is 0 Å². The smallest absolute Gasteiger partial charge is 0.244 e. The Morgan fingerprint density at radius 1 is 1.37 bits per heavy atom. The summed E-state index contributed by atoms with van der Waals surface area (Å²) in [4.78, 5) is 0.322. The molecule has 1 heterocycles. The average Bonchev–Trinajstić information content (AvgIpc) is 2.39. The number of sulfonamides is 1. The molecule has 0 aromatic heterocycles. The lowest BCUT2D eigenvalue weighted by Gasteiger charge is -2.37. The molecule has 0 amide bonds. The molecule has 0 saturated carbocycles. The number of hydrogen-bond acceptors (Lipinski definition) is 3. The van der Waals surface area contributed by atoms with Gasteiger partial charge in [-0.3, -0.25) is 0 Å². The van der Waals surface area contributed by atoms with Gasteiger partial charge >= 0.3 is 0 Å². The van der Waals surface area contributed by atoms with Crippen LogP contribution in [-0.2, 0) is 10.0 Å². The first-order valence-electron chi connectivity index (χ1n) is 6.46. The number of rotatable bonds is 3. The number of halogens is 1.